The molecule has 0 fully saturated rings. The standard InChI is InChI=1S/C12H9NS.C8H7NSe.C4H10O4S/c1-8-7-11-10-4-2-3-9(10)5-6-12(11)14-13-8;1-6-9-7-4-2-3-5-8(7)10-6;1-3-7-9(5,6)8-4-2/h2-7H,1H3;2-5H,1H3;3-4H2,1-2H3. The van der Waals surface area contributed by atoms with Crippen molar-refractivity contribution in [1.29, 1.82) is 0 Å². The quantitative estimate of drug-likeness (QED) is 0.269. The van der Waals surface area contributed by atoms with Crippen LogP contribution in [-0.2, 0) is 18.8 Å². The molecule has 0 bridgehead atoms. The molecular weight excluding hydrogens is 523 g/mol. The van der Waals surface area contributed by atoms with Crippen LogP contribution in [0.15, 0.2) is 60.7 Å². The monoisotopic (exact) mass is 550 g/mol. The molecule has 9 heteroatoms. The molecular formula is C24H26N2O4S2Se. The van der Waals surface area contributed by atoms with E-state index in [4.69, 9.17) is 0 Å². The summed E-state index contributed by atoms with van der Waals surface area (Å²) in [5, 5.41) is 3.98. The van der Waals surface area contributed by atoms with E-state index in [1.54, 1.807) is 25.4 Å². The Morgan fingerprint density at radius 3 is 2.33 bits per heavy atom. The van der Waals surface area contributed by atoms with Gasteiger partial charge in [-0.05, 0) is 55.2 Å². The van der Waals surface area contributed by atoms with Crippen LogP contribution in [-0.4, -0.2) is 45.5 Å². The van der Waals surface area contributed by atoms with Gasteiger partial charge in [-0.2, -0.15) is 12.8 Å². The number of nitrogens with zero attached hydrogens (tertiary/aromatic N) is 2. The molecule has 0 atom stereocenters. The number of rotatable bonds is 4. The predicted molar refractivity (Wildman–Crippen MR) is 137 cm³/mol. The molecule has 2 aromatic heterocycles. The molecule has 0 N–H and O–H groups in total. The summed E-state index contributed by atoms with van der Waals surface area (Å²) in [5.41, 5.74) is 2.27. The number of benzene rings is 2. The summed E-state index contributed by atoms with van der Waals surface area (Å²) < 4.78 is 37.5. The molecule has 0 aliphatic rings. The van der Waals surface area contributed by atoms with Gasteiger partial charge in [0.1, 0.15) is 0 Å². The van der Waals surface area contributed by atoms with Crippen molar-refractivity contribution in [2.45, 2.75) is 27.7 Å². The second-order valence-electron chi connectivity index (χ2n) is 6.90. The molecule has 0 spiro atoms. The number of hydrogen-bond acceptors (Lipinski definition) is 7. The van der Waals surface area contributed by atoms with E-state index in [-0.39, 0.29) is 13.2 Å². The molecule has 174 valence electrons. The Morgan fingerprint density at radius 2 is 1.64 bits per heavy atom. The second kappa shape index (κ2) is 11.8. The zero-order valence-electron chi connectivity index (χ0n) is 18.9. The van der Waals surface area contributed by atoms with E-state index in [0.717, 1.165) is 5.69 Å². The van der Waals surface area contributed by atoms with Crippen LogP contribution >= 0.6 is 11.5 Å². The fourth-order valence-electron chi connectivity index (χ4n) is 3.11. The first-order valence-corrected chi connectivity index (χ1v) is 14.3. The van der Waals surface area contributed by atoms with E-state index >= 15 is 0 Å². The third-order valence-electron chi connectivity index (χ3n) is 4.39. The first-order chi connectivity index (χ1) is 15.8. The van der Waals surface area contributed by atoms with E-state index < -0.39 is 10.4 Å². The van der Waals surface area contributed by atoms with E-state index in [0.29, 0.717) is 14.5 Å². The topological polar surface area (TPSA) is 78.4 Å². The summed E-state index contributed by atoms with van der Waals surface area (Å²) in [5.74, 6) is 0. The molecule has 0 saturated carbocycles. The Labute approximate surface area is 204 Å². The van der Waals surface area contributed by atoms with E-state index in [1.807, 2.05) is 13.0 Å². The third kappa shape index (κ3) is 7.17. The number of aryl methyl sites for hydroxylation is 2. The minimum atomic E-state index is -3.68. The normalized spacial score (nSPS) is 11.2. The number of hydrogen-bond donors (Lipinski definition) is 0. The van der Waals surface area contributed by atoms with Crippen molar-refractivity contribution in [3.05, 3.63) is 70.9 Å². The van der Waals surface area contributed by atoms with E-state index in [9.17, 15) is 8.42 Å². The first kappa shape index (κ1) is 25.5. The van der Waals surface area contributed by atoms with Gasteiger partial charge >= 0.3 is 75.4 Å². The molecule has 0 amide bonds. The van der Waals surface area contributed by atoms with Gasteiger partial charge in [-0.15, -0.1) is 0 Å². The van der Waals surface area contributed by atoms with Gasteiger partial charge in [0.25, 0.3) is 0 Å². The van der Waals surface area contributed by atoms with Gasteiger partial charge in [-0.1, -0.05) is 24.3 Å². The van der Waals surface area contributed by atoms with Gasteiger partial charge in [0, 0.05) is 5.39 Å². The zero-order valence-corrected chi connectivity index (χ0v) is 22.3. The molecule has 6 nitrogen and oxygen atoms in total. The third-order valence-corrected chi connectivity index (χ3v) is 8.36. The van der Waals surface area contributed by atoms with Crippen molar-refractivity contribution < 1.29 is 16.8 Å². The number of para-hydroxylation sites is 1. The fraction of sp³-hybridized carbons (Fsp3) is 0.250. The van der Waals surface area contributed by atoms with Crippen molar-refractivity contribution in [1.82, 2.24) is 9.36 Å². The Kier molecular flexibility index (Phi) is 9.14. The maximum atomic E-state index is 10.4. The van der Waals surface area contributed by atoms with Gasteiger partial charge in [0.2, 0.25) is 0 Å². The molecule has 0 unspecified atom stereocenters. The number of fused-ring (bicyclic) bond motifs is 4. The van der Waals surface area contributed by atoms with Crippen LogP contribution in [0.4, 0.5) is 0 Å². The molecule has 3 aromatic carbocycles. The van der Waals surface area contributed by atoms with Crippen LogP contribution in [0.2, 0.25) is 0 Å². The Hall–Kier alpha value is -2.13. The first-order valence-electron chi connectivity index (χ1n) is 10.4. The van der Waals surface area contributed by atoms with E-state index in [1.165, 1.54) is 35.2 Å². The molecule has 0 saturated heterocycles. The van der Waals surface area contributed by atoms with Crippen molar-refractivity contribution in [2.75, 3.05) is 13.2 Å². The summed E-state index contributed by atoms with van der Waals surface area (Å²) in [4.78, 5) is 4.40. The Balaban J connectivity index is 0.000000145. The minimum absolute atomic E-state index is 0.113. The summed E-state index contributed by atoms with van der Waals surface area (Å²) in [6.45, 7) is 7.52. The summed E-state index contributed by atoms with van der Waals surface area (Å²) >= 11 is 2.08. The van der Waals surface area contributed by atoms with Crippen LogP contribution in [0.3, 0.4) is 0 Å². The van der Waals surface area contributed by atoms with Gasteiger partial charge in [-0.3, -0.25) is 0 Å². The van der Waals surface area contributed by atoms with Gasteiger partial charge in [-0.25, -0.2) is 8.37 Å². The SMILES string of the molecule is CCOS(=O)(=O)OCC.Cc1cc2c(ccc3cccc32)sn1.Cc1nc2ccccc2[se]1. The summed E-state index contributed by atoms with van der Waals surface area (Å²) in [7, 11) is -3.68. The fourth-order valence-corrected chi connectivity index (χ4v) is 6.18. The average Bonchev–Trinajstić information content (AvgIpc) is 3.40. The van der Waals surface area contributed by atoms with Crippen LogP contribution < -0.4 is 0 Å². The predicted octanol–water partition coefficient (Wildman–Crippen LogP) is 5.66. The molecule has 0 aliphatic carbocycles. The second-order valence-corrected chi connectivity index (χ2v) is 11.6. The van der Waals surface area contributed by atoms with E-state index in [2.05, 4.69) is 79.2 Å². The van der Waals surface area contributed by atoms with Crippen molar-refractivity contribution in [2.24, 2.45) is 0 Å². The number of aromatic nitrogens is 2. The Bertz CT molecular complexity index is 1400. The van der Waals surface area contributed by atoms with Crippen molar-refractivity contribution in [3.8, 4) is 0 Å². The molecule has 5 rings (SSSR count). The molecule has 5 aromatic rings. The van der Waals surface area contributed by atoms with Crippen molar-refractivity contribution >= 4 is 67.1 Å². The van der Waals surface area contributed by atoms with Gasteiger partial charge in [0.15, 0.2) is 0 Å². The van der Waals surface area contributed by atoms with Crippen LogP contribution in [0.1, 0.15) is 24.1 Å². The van der Waals surface area contributed by atoms with Crippen LogP contribution in [0.25, 0.3) is 30.6 Å². The van der Waals surface area contributed by atoms with Crippen LogP contribution in [0, 0.1) is 13.8 Å². The van der Waals surface area contributed by atoms with Gasteiger partial charge < -0.3 is 0 Å². The maximum absolute atomic E-state index is 10.4. The molecule has 33 heavy (non-hydrogen) atoms. The average molecular weight is 550 g/mol. The molecule has 2 heterocycles. The summed E-state index contributed by atoms with van der Waals surface area (Å²) in [6.07, 6.45) is 0. The van der Waals surface area contributed by atoms with Crippen molar-refractivity contribution in [3.63, 3.8) is 0 Å². The molecule has 0 aliphatic heterocycles. The Morgan fingerprint density at radius 1 is 0.909 bits per heavy atom. The van der Waals surface area contributed by atoms with Crippen LogP contribution in [0.5, 0.6) is 0 Å². The van der Waals surface area contributed by atoms with Gasteiger partial charge in [0.05, 0.1) is 23.6 Å². The summed E-state index contributed by atoms with van der Waals surface area (Å²) in [6, 6.07) is 21.2. The molecule has 0 radical (unpaired) electrons. The zero-order chi connectivity index (χ0) is 23.8.